The van der Waals surface area contributed by atoms with Gasteiger partial charge in [-0.15, -0.1) is 0 Å². The summed E-state index contributed by atoms with van der Waals surface area (Å²) in [5.41, 5.74) is 1.24. The molecule has 0 unspecified atom stereocenters. The second-order valence-electron chi connectivity index (χ2n) is 9.61. The number of ether oxygens (including phenoxy) is 1. The van der Waals surface area contributed by atoms with Crippen LogP contribution in [0, 0.1) is 5.92 Å². The zero-order valence-electron chi connectivity index (χ0n) is 19.3. The van der Waals surface area contributed by atoms with Crippen molar-refractivity contribution >= 4 is 11.9 Å². The van der Waals surface area contributed by atoms with Crippen molar-refractivity contribution in [3.8, 4) is 0 Å². The molecule has 1 N–H and O–H groups in total. The summed E-state index contributed by atoms with van der Waals surface area (Å²) in [5.74, 6) is 0.585. The molecule has 1 aromatic rings. The van der Waals surface area contributed by atoms with Crippen LogP contribution < -0.4 is 5.32 Å². The number of carbonyl (C=O) groups is 2. The Bertz CT molecular complexity index is 721. The highest BCUT2D eigenvalue weighted by atomic mass is 16.5. The lowest BCUT2D eigenvalue weighted by Crippen LogP contribution is -2.57. The minimum atomic E-state index is 0.0462. The average Bonchev–Trinajstić information content (AvgIpc) is 2.86. The van der Waals surface area contributed by atoms with E-state index in [0.717, 1.165) is 71.2 Å². The fraction of sp³-hybridized carbons (Fsp3) is 0.692. The maximum atomic E-state index is 13.3. The van der Waals surface area contributed by atoms with Crippen LogP contribution in [-0.2, 0) is 16.0 Å². The van der Waals surface area contributed by atoms with Gasteiger partial charge in [0.25, 0.3) is 0 Å². The first-order valence-electron chi connectivity index (χ1n) is 12.7. The van der Waals surface area contributed by atoms with Gasteiger partial charge in [-0.1, -0.05) is 49.6 Å². The maximum absolute atomic E-state index is 13.3. The predicted octanol–water partition coefficient (Wildman–Crippen LogP) is 3.99. The number of hydrogen-bond acceptors (Lipinski definition) is 3. The molecule has 3 amide bonds. The van der Waals surface area contributed by atoms with Gasteiger partial charge in [0.1, 0.15) is 0 Å². The van der Waals surface area contributed by atoms with E-state index in [1.165, 1.54) is 24.8 Å². The number of nitrogens with zero attached hydrogens (tertiary/aromatic N) is 2. The van der Waals surface area contributed by atoms with Crippen molar-refractivity contribution in [1.29, 1.82) is 0 Å². The van der Waals surface area contributed by atoms with Crippen molar-refractivity contribution in [3.63, 3.8) is 0 Å². The van der Waals surface area contributed by atoms with Crippen molar-refractivity contribution in [2.24, 2.45) is 5.92 Å². The van der Waals surface area contributed by atoms with E-state index in [9.17, 15) is 9.59 Å². The highest BCUT2D eigenvalue weighted by Gasteiger charge is 2.36. The number of nitrogens with one attached hydrogen (secondary N) is 1. The van der Waals surface area contributed by atoms with Gasteiger partial charge < -0.3 is 19.9 Å². The van der Waals surface area contributed by atoms with Gasteiger partial charge in [-0.3, -0.25) is 4.79 Å². The summed E-state index contributed by atoms with van der Waals surface area (Å²) in [4.78, 5) is 30.4. The summed E-state index contributed by atoms with van der Waals surface area (Å²) >= 11 is 0. The molecule has 32 heavy (non-hydrogen) atoms. The normalized spacial score (nSPS) is 21.3. The van der Waals surface area contributed by atoms with E-state index >= 15 is 0 Å². The van der Waals surface area contributed by atoms with Gasteiger partial charge >= 0.3 is 6.03 Å². The summed E-state index contributed by atoms with van der Waals surface area (Å²) in [7, 11) is 0. The van der Waals surface area contributed by atoms with Gasteiger partial charge in [-0.05, 0) is 50.5 Å². The fourth-order valence-electron chi connectivity index (χ4n) is 5.61. The molecule has 0 atom stereocenters. The molecule has 1 aromatic carbocycles. The lowest BCUT2D eigenvalue weighted by Gasteiger charge is -2.44. The minimum Gasteiger partial charge on any atom is -0.381 e. The van der Waals surface area contributed by atoms with Crippen molar-refractivity contribution in [1.82, 2.24) is 15.1 Å². The summed E-state index contributed by atoms with van der Waals surface area (Å²) in [6.07, 6.45) is 10.1. The molecule has 2 heterocycles. The second kappa shape index (κ2) is 11.7. The topological polar surface area (TPSA) is 61.9 Å². The number of urea groups is 1. The standard InChI is InChI=1S/C26H39N3O3/c30-25(22-9-5-2-6-10-22)28-17-12-23(13-18-28)29(24-14-19-32-20-15-24)26(31)27-16-11-21-7-3-1-4-8-21/h1,3-4,7-8,22-24H,2,5-6,9-20H2,(H,27,31). The van der Waals surface area contributed by atoms with Gasteiger partial charge in [0.15, 0.2) is 0 Å². The molecule has 6 heteroatoms. The van der Waals surface area contributed by atoms with Crippen molar-refractivity contribution < 1.29 is 14.3 Å². The number of rotatable bonds is 6. The van der Waals surface area contributed by atoms with E-state index in [0.29, 0.717) is 12.5 Å². The van der Waals surface area contributed by atoms with Gasteiger partial charge in [-0.25, -0.2) is 4.79 Å². The van der Waals surface area contributed by atoms with Crippen LogP contribution in [-0.4, -0.2) is 66.7 Å². The van der Waals surface area contributed by atoms with Crippen molar-refractivity contribution in [3.05, 3.63) is 35.9 Å². The Labute approximate surface area is 192 Å². The molecule has 0 aromatic heterocycles. The molecule has 0 radical (unpaired) electrons. The molecule has 1 aliphatic carbocycles. The van der Waals surface area contributed by atoms with Crippen molar-refractivity contribution in [2.45, 2.75) is 76.3 Å². The highest BCUT2D eigenvalue weighted by molar-refractivity contribution is 5.79. The van der Waals surface area contributed by atoms with Gasteiger partial charge in [0.05, 0.1) is 0 Å². The molecular formula is C26H39N3O3. The molecule has 3 aliphatic rings. The molecule has 6 nitrogen and oxygen atoms in total. The number of benzene rings is 1. The first-order chi connectivity index (χ1) is 15.7. The van der Waals surface area contributed by atoms with E-state index < -0.39 is 0 Å². The predicted molar refractivity (Wildman–Crippen MR) is 125 cm³/mol. The van der Waals surface area contributed by atoms with E-state index in [1.807, 2.05) is 18.2 Å². The Kier molecular flexibility index (Phi) is 8.43. The number of hydrogen-bond donors (Lipinski definition) is 1. The first-order valence-corrected chi connectivity index (χ1v) is 12.7. The van der Waals surface area contributed by atoms with Crippen LogP contribution in [0.2, 0.25) is 0 Å². The van der Waals surface area contributed by atoms with Crippen LogP contribution in [0.25, 0.3) is 0 Å². The summed E-state index contributed by atoms with van der Waals surface area (Å²) in [5, 5.41) is 3.18. The molecule has 0 bridgehead atoms. The maximum Gasteiger partial charge on any atom is 0.317 e. The van der Waals surface area contributed by atoms with Crippen LogP contribution in [0.1, 0.15) is 63.4 Å². The Hall–Kier alpha value is -2.08. The molecule has 0 spiro atoms. The first kappa shape index (κ1) is 23.1. The van der Waals surface area contributed by atoms with Crippen LogP contribution in [0.5, 0.6) is 0 Å². The lowest BCUT2D eigenvalue weighted by atomic mass is 9.87. The average molecular weight is 442 g/mol. The van der Waals surface area contributed by atoms with Gasteiger partial charge in [0.2, 0.25) is 5.91 Å². The van der Waals surface area contributed by atoms with E-state index in [4.69, 9.17) is 4.74 Å². The van der Waals surface area contributed by atoms with Crippen LogP contribution in [0.15, 0.2) is 30.3 Å². The van der Waals surface area contributed by atoms with Crippen LogP contribution in [0.4, 0.5) is 4.79 Å². The molecule has 4 rings (SSSR count). The third-order valence-electron chi connectivity index (χ3n) is 7.48. The third kappa shape index (κ3) is 6.03. The summed E-state index contributed by atoms with van der Waals surface area (Å²) in [6, 6.07) is 10.8. The number of likely N-dealkylation sites (tertiary alicyclic amines) is 1. The lowest BCUT2D eigenvalue weighted by molar-refractivity contribution is -0.138. The quantitative estimate of drug-likeness (QED) is 0.726. The van der Waals surface area contributed by atoms with Crippen LogP contribution in [0.3, 0.4) is 0 Å². The second-order valence-corrected chi connectivity index (χ2v) is 9.61. The molecule has 176 valence electrons. The zero-order chi connectivity index (χ0) is 22.2. The Morgan fingerprint density at radius 3 is 2.25 bits per heavy atom. The number of amides is 3. The third-order valence-corrected chi connectivity index (χ3v) is 7.48. The number of carbonyl (C=O) groups excluding carboxylic acids is 2. The Balaban J connectivity index is 1.33. The summed E-state index contributed by atoms with van der Waals surface area (Å²) in [6.45, 7) is 3.63. The van der Waals surface area contributed by atoms with Crippen molar-refractivity contribution in [2.75, 3.05) is 32.8 Å². The SMILES string of the molecule is O=C(C1CCCCC1)N1CCC(N(C(=O)NCCc2ccccc2)C2CCOCC2)CC1. The summed E-state index contributed by atoms with van der Waals surface area (Å²) < 4.78 is 5.56. The van der Waals surface area contributed by atoms with Gasteiger partial charge in [0, 0.05) is 50.8 Å². The van der Waals surface area contributed by atoms with E-state index in [-0.39, 0.29) is 24.0 Å². The van der Waals surface area contributed by atoms with E-state index in [2.05, 4.69) is 27.2 Å². The molecule has 1 saturated carbocycles. The number of piperidine rings is 1. The Morgan fingerprint density at radius 1 is 0.906 bits per heavy atom. The van der Waals surface area contributed by atoms with E-state index in [1.54, 1.807) is 0 Å². The highest BCUT2D eigenvalue weighted by Crippen LogP contribution is 2.28. The largest absolute Gasteiger partial charge is 0.381 e. The Morgan fingerprint density at radius 2 is 1.56 bits per heavy atom. The van der Waals surface area contributed by atoms with Gasteiger partial charge in [-0.2, -0.15) is 0 Å². The zero-order valence-corrected chi connectivity index (χ0v) is 19.3. The smallest absolute Gasteiger partial charge is 0.317 e. The molecule has 3 fully saturated rings. The minimum absolute atomic E-state index is 0.0462. The molecule has 2 saturated heterocycles. The molecule has 2 aliphatic heterocycles. The van der Waals surface area contributed by atoms with Crippen LogP contribution >= 0.6 is 0 Å². The monoisotopic (exact) mass is 441 g/mol. The molecular weight excluding hydrogens is 402 g/mol. The fourth-order valence-corrected chi connectivity index (χ4v) is 5.61.